The minimum absolute atomic E-state index is 0.222. The van der Waals surface area contributed by atoms with Crippen LogP contribution in [0.1, 0.15) is 19.3 Å². The van der Waals surface area contributed by atoms with Crippen LogP contribution in [0.3, 0.4) is 0 Å². The van der Waals surface area contributed by atoms with Crippen LogP contribution in [0.4, 0.5) is 10.2 Å². The molecule has 3 saturated heterocycles. The second kappa shape index (κ2) is 9.59. The van der Waals surface area contributed by atoms with E-state index in [0.29, 0.717) is 46.4 Å². The third-order valence-electron chi connectivity index (χ3n) is 8.21. The van der Waals surface area contributed by atoms with Crippen LogP contribution in [0, 0.1) is 11.7 Å². The molecule has 3 fully saturated rings. The summed E-state index contributed by atoms with van der Waals surface area (Å²) in [6, 6.07) is 12.4. The number of benzene rings is 2. The molecule has 2 aromatic carbocycles. The Balaban J connectivity index is 1.35. The molecule has 7 nitrogen and oxygen atoms in total. The van der Waals surface area contributed by atoms with Gasteiger partial charge in [-0.1, -0.05) is 41.9 Å². The Hall–Kier alpha value is -3.07. The van der Waals surface area contributed by atoms with Crippen molar-refractivity contribution in [2.24, 2.45) is 5.92 Å². The molecule has 5 heterocycles. The van der Waals surface area contributed by atoms with Crippen LogP contribution in [0.15, 0.2) is 42.6 Å². The largest absolute Gasteiger partial charge is 0.463 e. The molecule has 2 bridgehead atoms. The lowest BCUT2D eigenvalue weighted by atomic mass is 10.0. The van der Waals surface area contributed by atoms with Gasteiger partial charge in [-0.2, -0.15) is 9.97 Å². The van der Waals surface area contributed by atoms with E-state index in [0.717, 1.165) is 56.2 Å². The fourth-order valence-electron chi connectivity index (χ4n) is 6.33. The van der Waals surface area contributed by atoms with Gasteiger partial charge in [0.25, 0.3) is 0 Å². The summed E-state index contributed by atoms with van der Waals surface area (Å²) in [4.78, 5) is 18.6. The van der Waals surface area contributed by atoms with E-state index in [1.54, 1.807) is 6.20 Å². The van der Waals surface area contributed by atoms with Crippen molar-refractivity contribution in [1.29, 1.82) is 0 Å². The van der Waals surface area contributed by atoms with E-state index >= 15 is 4.39 Å². The number of nitrogens with one attached hydrogen (secondary N) is 1. The Morgan fingerprint density at radius 3 is 2.61 bits per heavy atom. The highest BCUT2D eigenvalue weighted by molar-refractivity contribution is 6.36. The average molecular weight is 533 g/mol. The summed E-state index contributed by atoms with van der Waals surface area (Å²) in [7, 11) is 2.12. The zero-order valence-corrected chi connectivity index (χ0v) is 22.1. The SMILES string of the molecule is CN1CC[C@H](COc2nc(N3CC4CCC(C3)N4)c3cnc(-c4cccc5cccc(Cl)c45)c(F)c3n2)C1. The van der Waals surface area contributed by atoms with Crippen LogP contribution in [-0.4, -0.2) is 71.8 Å². The number of fused-ring (bicyclic) bond motifs is 4. The lowest BCUT2D eigenvalue weighted by molar-refractivity contribution is 0.233. The van der Waals surface area contributed by atoms with E-state index in [4.69, 9.17) is 21.3 Å². The number of halogens is 2. The number of pyridine rings is 1. The summed E-state index contributed by atoms with van der Waals surface area (Å²) in [6.45, 7) is 4.18. The number of hydrogen-bond donors (Lipinski definition) is 1. The van der Waals surface area contributed by atoms with E-state index < -0.39 is 5.82 Å². The molecule has 196 valence electrons. The number of hydrogen-bond acceptors (Lipinski definition) is 7. The van der Waals surface area contributed by atoms with Crippen LogP contribution in [0.25, 0.3) is 32.9 Å². The molecule has 3 aliphatic heterocycles. The van der Waals surface area contributed by atoms with E-state index in [1.165, 1.54) is 0 Å². The maximum atomic E-state index is 16.4. The summed E-state index contributed by atoms with van der Waals surface area (Å²) < 4.78 is 22.5. The second-order valence-corrected chi connectivity index (χ2v) is 11.3. The summed E-state index contributed by atoms with van der Waals surface area (Å²) in [5.74, 6) is 0.622. The molecule has 3 atom stereocenters. The van der Waals surface area contributed by atoms with Gasteiger partial charge in [-0.3, -0.25) is 4.98 Å². The number of piperazine rings is 1. The highest BCUT2D eigenvalue weighted by Gasteiger charge is 2.34. The summed E-state index contributed by atoms with van der Waals surface area (Å²) in [5.41, 5.74) is 1.10. The van der Waals surface area contributed by atoms with Crippen molar-refractivity contribution in [3.05, 3.63) is 53.4 Å². The summed E-state index contributed by atoms with van der Waals surface area (Å²) in [5, 5.41) is 6.53. The fourth-order valence-corrected chi connectivity index (χ4v) is 6.62. The molecule has 2 aromatic heterocycles. The fraction of sp³-hybridized carbons (Fsp3) is 0.414. The number of likely N-dealkylation sites (tertiary alicyclic amines) is 1. The second-order valence-electron chi connectivity index (χ2n) is 10.9. The monoisotopic (exact) mass is 532 g/mol. The van der Waals surface area contributed by atoms with E-state index in [1.807, 2.05) is 36.4 Å². The molecule has 2 unspecified atom stereocenters. The van der Waals surface area contributed by atoms with Crippen LogP contribution in [0.5, 0.6) is 6.01 Å². The molecular formula is C29H30ClFN6O. The summed E-state index contributed by atoms with van der Waals surface area (Å²) in [6.07, 6.45) is 5.06. The first-order valence-corrected chi connectivity index (χ1v) is 13.8. The molecule has 4 aromatic rings. The third kappa shape index (κ3) is 4.25. The van der Waals surface area contributed by atoms with Crippen molar-refractivity contribution >= 4 is 39.1 Å². The number of nitrogens with zero attached hydrogens (tertiary/aromatic N) is 5. The van der Waals surface area contributed by atoms with Crippen molar-refractivity contribution in [2.45, 2.75) is 31.3 Å². The lowest BCUT2D eigenvalue weighted by Gasteiger charge is -2.34. The van der Waals surface area contributed by atoms with Crippen molar-refractivity contribution in [3.63, 3.8) is 0 Å². The molecule has 0 aliphatic carbocycles. The van der Waals surface area contributed by atoms with Gasteiger partial charge in [0.05, 0.1) is 12.0 Å². The zero-order chi connectivity index (χ0) is 25.8. The van der Waals surface area contributed by atoms with Gasteiger partial charge in [0.1, 0.15) is 17.0 Å². The van der Waals surface area contributed by atoms with Gasteiger partial charge >= 0.3 is 6.01 Å². The molecule has 0 radical (unpaired) electrons. The molecule has 9 heteroatoms. The van der Waals surface area contributed by atoms with Gasteiger partial charge < -0.3 is 19.9 Å². The minimum Gasteiger partial charge on any atom is -0.463 e. The molecular weight excluding hydrogens is 503 g/mol. The van der Waals surface area contributed by atoms with Crippen molar-refractivity contribution < 1.29 is 9.13 Å². The first-order valence-electron chi connectivity index (χ1n) is 13.4. The Morgan fingerprint density at radius 1 is 1.05 bits per heavy atom. The standard InChI is InChI=1S/C29H30ClFN6O/c1-36-11-10-17(13-36)16-38-29-34-27-22(28(35-29)37-14-19-8-9-20(15-37)33-19)12-32-26(25(27)31)21-6-2-4-18-5-3-7-23(30)24(18)21/h2-7,12,17,19-20,33H,8-11,13-16H2,1H3/t17-,19?,20?/m0/s1. The molecule has 0 amide bonds. The van der Waals surface area contributed by atoms with E-state index in [2.05, 4.69) is 32.1 Å². The first kappa shape index (κ1) is 24.0. The normalized spacial score (nSPS) is 23.6. The average Bonchev–Trinajstić information content (AvgIpc) is 3.50. The Morgan fingerprint density at radius 2 is 1.84 bits per heavy atom. The number of rotatable bonds is 5. The van der Waals surface area contributed by atoms with Crippen molar-refractivity contribution in [1.82, 2.24) is 25.2 Å². The first-order chi connectivity index (χ1) is 18.5. The van der Waals surface area contributed by atoms with Crippen LogP contribution in [-0.2, 0) is 0 Å². The van der Waals surface area contributed by atoms with Gasteiger partial charge in [-0.15, -0.1) is 0 Å². The predicted octanol–water partition coefficient (Wildman–Crippen LogP) is 4.91. The Bertz CT molecular complexity index is 1520. The topological polar surface area (TPSA) is 66.4 Å². The Labute approximate surface area is 226 Å². The smallest absolute Gasteiger partial charge is 0.319 e. The number of aromatic nitrogens is 3. The van der Waals surface area contributed by atoms with Crippen LogP contribution >= 0.6 is 11.6 Å². The Kier molecular flexibility index (Phi) is 6.06. The van der Waals surface area contributed by atoms with Gasteiger partial charge in [-0.25, -0.2) is 4.39 Å². The molecule has 3 aliphatic rings. The summed E-state index contributed by atoms with van der Waals surface area (Å²) >= 11 is 6.57. The number of ether oxygens (including phenoxy) is 1. The minimum atomic E-state index is -0.484. The molecule has 38 heavy (non-hydrogen) atoms. The molecule has 7 rings (SSSR count). The lowest BCUT2D eigenvalue weighted by Crippen LogP contribution is -2.51. The van der Waals surface area contributed by atoms with E-state index in [9.17, 15) is 0 Å². The molecule has 0 spiro atoms. The highest BCUT2D eigenvalue weighted by atomic mass is 35.5. The van der Waals surface area contributed by atoms with Crippen LogP contribution < -0.4 is 15.0 Å². The maximum Gasteiger partial charge on any atom is 0.319 e. The highest BCUT2D eigenvalue weighted by Crippen LogP contribution is 2.38. The van der Waals surface area contributed by atoms with Gasteiger partial charge in [-0.05, 0) is 44.3 Å². The van der Waals surface area contributed by atoms with Crippen LogP contribution in [0.2, 0.25) is 5.02 Å². The quantitative estimate of drug-likeness (QED) is 0.392. The van der Waals surface area contributed by atoms with Gasteiger partial charge in [0.2, 0.25) is 0 Å². The van der Waals surface area contributed by atoms with Gasteiger partial charge in [0, 0.05) is 59.8 Å². The third-order valence-corrected chi connectivity index (χ3v) is 8.52. The van der Waals surface area contributed by atoms with Gasteiger partial charge in [0.15, 0.2) is 5.82 Å². The van der Waals surface area contributed by atoms with E-state index in [-0.39, 0.29) is 17.2 Å². The molecule has 1 N–H and O–H groups in total. The van der Waals surface area contributed by atoms with Crippen molar-refractivity contribution in [2.75, 3.05) is 44.7 Å². The predicted molar refractivity (Wildman–Crippen MR) is 149 cm³/mol. The van der Waals surface area contributed by atoms with Crippen molar-refractivity contribution in [3.8, 4) is 17.3 Å². The molecule has 0 saturated carbocycles. The maximum absolute atomic E-state index is 16.4. The zero-order valence-electron chi connectivity index (χ0n) is 21.3. The number of anilines is 1.